The molecule has 13 heteroatoms. The monoisotopic (exact) mass is 648 g/mol. The Hall–Kier alpha value is -5.23. The van der Waals surface area contributed by atoms with E-state index in [0.29, 0.717) is 45.9 Å². The van der Waals surface area contributed by atoms with Gasteiger partial charge in [-0.15, -0.1) is 0 Å². The maximum Gasteiger partial charge on any atom is 0.317 e. The van der Waals surface area contributed by atoms with Crippen molar-refractivity contribution in [3.05, 3.63) is 97.1 Å². The fourth-order valence-corrected chi connectivity index (χ4v) is 5.59. The topological polar surface area (TPSA) is 143 Å². The van der Waals surface area contributed by atoms with Crippen molar-refractivity contribution < 1.29 is 8.42 Å². The number of halogens is 2. The molecule has 2 aliphatic heterocycles. The highest BCUT2D eigenvalue weighted by Gasteiger charge is 2.21. The molecule has 0 atom stereocenters. The molecule has 4 aromatic carbocycles. The van der Waals surface area contributed by atoms with Crippen LogP contribution in [0.15, 0.2) is 97.1 Å². The molecule has 0 radical (unpaired) electrons. The summed E-state index contributed by atoms with van der Waals surface area (Å²) in [5, 5.41) is 3.82. The number of H-pyrrole nitrogens is 2. The summed E-state index contributed by atoms with van der Waals surface area (Å²) < 4.78 is 18.3. The first-order chi connectivity index (χ1) is 21.8. The van der Waals surface area contributed by atoms with Crippen LogP contribution in [0.1, 0.15) is 0 Å². The maximum absolute atomic E-state index is 9.16. The Morgan fingerprint density at radius 2 is 0.622 bits per heavy atom. The van der Waals surface area contributed by atoms with Crippen LogP contribution < -0.4 is 0 Å². The molecule has 45 heavy (non-hydrogen) atoms. The molecular formula is C32H18Cl2N8O2S. The van der Waals surface area contributed by atoms with Crippen LogP contribution in [-0.2, 0) is 8.26 Å². The van der Waals surface area contributed by atoms with E-state index in [1.54, 1.807) is 0 Å². The van der Waals surface area contributed by atoms with Gasteiger partial charge in [-0.1, -0.05) is 97.1 Å². The summed E-state index contributed by atoms with van der Waals surface area (Å²) in [6, 6.07) is 32.2. The van der Waals surface area contributed by atoms with Gasteiger partial charge in [-0.05, 0) is 0 Å². The van der Waals surface area contributed by atoms with Gasteiger partial charge in [0, 0.05) is 65.2 Å². The third kappa shape index (κ3) is 4.96. The highest BCUT2D eigenvalue weighted by Crippen LogP contribution is 2.36. The van der Waals surface area contributed by atoms with Crippen molar-refractivity contribution in [3.8, 4) is 45.6 Å². The van der Waals surface area contributed by atoms with Gasteiger partial charge in [0.2, 0.25) is 0 Å². The zero-order valence-electron chi connectivity index (χ0n) is 22.9. The van der Waals surface area contributed by atoms with Crippen molar-refractivity contribution >= 4 is 73.8 Å². The van der Waals surface area contributed by atoms with Crippen molar-refractivity contribution in [1.82, 2.24) is 39.9 Å². The molecule has 2 N–H and O–H groups in total. The third-order valence-corrected chi connectivity index (χ3v) is 7.46. The van der Waals surface area contributed by atoms with E-state index in [0.717, 1.165) is 43.8 Å². The minimum atomic E-state index is -3.72. The van der Waals surface area contributed by atoms with Crippen molar-refractivity contribution in [3.63, 3.8) is 0 Å². The number of aromatic amines is 2. The number of hydrogen-bond donors (Lipinski definition) is 2. The molecule has 0 saturated carbocycles. The summed E-state index contributed by atoms with van der Waals surface area (Å²) in [5.74, 6) is 2.39. The third-order valence-electron chi connectivity index (χ3n) is 7.46. The lowest BCUT2D eigenvalue weighted by Gasteiger charge is -1.96. The van der Waals surface area contributed by atoms with E-state index in [9.17, 15) is 0 Å². The highest BCUT2D eigenvalue weighted by atomic mass is 36.0. The zero-order valence-corrected chi connectivity index (χ0v) is 25.2. The number of hydrogen-bond acceptors (Lipinski definition) is 8. The minimum absolute atomic E-state index is 0.597. The summed E-state index contributed by atoms with van der Waals surface area (Å²) >= 11 is 0. The fraction of sp³-hybridized carbons (Fsp3) is 0. The first-order valence-corrected chi connectivity index (χ1v) is 16.8. The van der Waals surface area contributed by atoms with Crippen LogP contribution in [0.5, 0.6) is 0 Å². The predicted octanol–water partition coefficient (Wildman–Crippen LogP) is 7.58. The normalized spacial score (nSPS) is 12.0. The van der Waals surface area contributed by atoms with Crippen LogP contribution in [-0.4, -0.2) is 48.3 Å². The van der Waals surface area contributed by atoms with Crippen molar-refractivity contribution in [1.29, 1.82) is 0 Å². The van der Waals surface area contributed by atoms with Crippen LogP contribution in [0, 0.1) is 0 Å². The number of nitrogens with zero attached hydrogens (tertiary/aromatic N) is 6. The van der Waals surface area contributed by atoms with E-state index in [1.165, 1.54) is 0 Å². The molecule has 8 bridgehead atoms. The molecule has 0 spiro atoms. The lowest BCUT2D eigenvalue weighted by molar-refractivity contribution is 0.621. The second-order valence-electron chi connectivity index (χ2n) is 10.2. The smallest absolute Gasteiger partial charge is 0.317 e. The van der Waals surface area contributed by atoms with E-state index >= 15 is 0 Å². The van der Waals surface area contributed by atoms with Crippen LogP contribution >= 0.6 is 21.4 Å². The van der Waals surface area contributed by atoms with Gasteiger partial charge < -0.3 is 9.97 Å². The van der Waals surface area contributed by atoms with E-state index in [1.807, 2.05) is 97.1 Å². The standard InChI is InChI=1S/C32H18N8.Cl2O2S/c1-2-10-18-17(9-1)25-33-26(18)38-28-21-13-5-6-14-22(21)30(35-28)40-32-24-16-8-7-15-23(24)31(36-32)39-29-20-12-4-3-11-19(20)27(34-29)37-25;1-5(2,3)4/h1-16H,(H2,33,34,35,36,37,38,39,40);. The molecule has 0 saturated heterocycles. The van der Waals surface area contributed by atoms with Gasteiger partial charge in [0.05, 0.1) is 0 Å². The molecule has 2 aliphatic rings. The van der Waals surface area contributed by atoms with E-state index in [2.05, 4.69) is 31.3 Å². The molecule has 10 nitrogen and oxygen atoms in total. The van der Waals surface area contributed by atoms with Gasteiger partial charge in [-0.3, -0.25) is 0 Å². The summed E-state index contributed by atoms with van der Waals surface area (Å²) in [7, 11) is 4.81. The van der Waals surface area contributed by atoms with E-state index in [4.69, 9.17) is 38.3 Å². The summed E-state index contributed by atoms with van der Waals surface area (Å²) in [6.07, 6.45) is 0. The first kappa shape index (κ1) is 27.3. The highest BCUT2D eigenvalue weighted by molar-refractivity contribution is 8.31. The number of fused-ring (bicyclic) bond motifs is 20. The van der Waals surface area contributed by atoms with Crippen LogP contribution in [0.25, 0.3) is 89.7 Å². The Bertz CT molecular complexity index is 2290. The number of rotatable bonds is 0. The molecule has 3 aromatic heterocycles. The molecule has 0 fully saturated rings. The SMILES string of the molecule is O=S(=O)(Cl)Cl.c1ccc2c(c1)-c1nc-2nc2[nH]c(nc3nc(nc4[nH]c(n1)c1ccccc41)-c1ccccc1-3)c1ccccc21. The Morgan fingerprint density at radius 3 is 0.867 bits per heavy atom. The van der Waals surface area contributed by atoms with Crippen molar-refractivity contribution in [2.24, 2.45) is 0 Å². The predicted molar refractivity (Wildman–Crippen MR) is 177 cm³/mol. The minimum Gasteiger partial charge on any atom is -0.324 e. The van der Waals surface area contributed by atoms with Gasteiger partial charge in [0.15, 0.2) is 23.3 Å². The van der Waals surface area contributed by atoms with Gasteiger partial charge >= 0.3 is 8.26 Å². The second kappa shape index (κ2) is 10.4. The molecule has 7 aromatic rings. The Morgan fingerprint density at radius 1 is 0.400 bits per heavy atom. The van der Waals surface area contributed by atoms with Gasteiger partial charge in [-0.25, -0.2) is 29.9 Å². The Labute approximate surface area is 263 Å². The molecule has 9 rings (SSSR count). The second-order valence-corrected chi connectivity index (χ2v) is 13.8. The summed E-state index contributed by atoms with van der Waals surface area (Å²) in [4.78, 5) is 36.8. The van der Waals surface area contributed by atoms with Crippen LogP contribution in [0.4, 0.5) is 0 Å². The lowest BCUT2D eigenvalue weighted by Crippen LogP contribution is -1.82. The molecule has 218 valence electrons. The van der Waals surface area contributed by atoms with E-state index in [-0.39, 0.29) is 0 Å². The molecule has 0 aliphatic carbocycles. The van der Waals surface area contributed by atoms with Crippen molar-refractivity contribution in [2.45, 2.75) is 0 Å². The van der Waals surface area contributed by atoms with Gasteiger partial charge in [0.25, 0.3) is 0 Å². The van der Waals surface area contributed by atoms with Crippen molar-refractivity contribution in [2.75, 3.05) is 0 Å². The number of nitrogens with one attached hydrogen (secondary N) is 2. The first-order valence-electron chi connectivity index (χ1n) is 13.6. The van der Waals surface area contributed by atoms with Gasteiger partial charge in [-0.2, -0.15) is 8.42 Å². The quantitative estimate of drug-likeness (QED) is 0.160. The molecule has 0 amide bonds. The molecule has 5 heterocycles. The fourth-order valence-electron chi connectivity index (χ4n) is 5.59. The van der Waals surface area contributed by atoms with Crippen LogP contribution in [0.3, 0.4) is 0 Å². The average molecular weight is 650 g/mol. The van der Waals surface area contributed by atoms with E-state index < -0.39 is 8.26 Å². The Kier molecular flexibility index (Phi) is 6.34. The molecular weight excluding hydrogens is 631 g/mol. The summed E-state index contributed by atoms with van der Waals surface area (Å²) in [5.41, 5.74) is 6.45. The number of benzene rings is 4. The lowest BCUT2D eigenvalue weighted by atomic mass is 10.1. The largest absolute Gasteiger partial charge is 0.324 e. The summed E-state index contributed by atoms with van der Waals surface area (Å²) in [6.45, 7) is 0. The van der Waals surface area contributed by atoms with Gasteiger partial charge in [0.1, 0.15) is 22.6 Å². The maximum atomic E-state index is 9.16. The molecule has 0 unspecified atom stereocenters. The zero-order chi connectivity index (χ0) is 30.7. The van der Waals surface area contributed by atoms with Crippen LogP contribution in [0.2, 0.25) is 0 Å². The number of aromatic nitrogens is 8. The Balaban J connectivity index is 0.000000560. The average Bonchev–Trinajstić information content (AvgIpc) is 3.76.